The minimum absolute atomic E-state index is 0.212. The van der Waals surface area contributed by atoms with E-state index < -0.39 is 30.3 Å². The van der Waals surface area contributed by atoms with Gasteiger partial charge in [0.1, 0.15) is 11.7 Å². The predicted molar refractivity (Wildman–Crippen MR) is 65.2 cm³/mol. The molecule has 1 saturated carbocycles. The monoisotopic (exact) mass is 284 g/mol. The summed E-state index contributed by atoms with van der Waals surface area (Å²) >= 11 is 1.36. The van der Waals surface area contributed by atoms with Crippen molar-refractivity contribution < 1.29 is 24.6 Å². The van der Waals surface area contributed by atoms with Gasteiger partial charge < -0.3 is 15.5 Å². The summed E-state index contributed by atoms with van der Waals surface area (Å²) in [6.45, 7) is 0. The van der Waals surface area contributed by atoms with Crippen molar-refractivity contribution in [1.82, 2.24) is 10.3 Å². The molecule has 1 atom stereocenters. The van der Waals surface area contributed by atoms with Crippen LogP contribution in [0.2, 0.25) is 0 Å². The number of aromatic nitrogens is 1. The first-order chi connectivity index (χ1) is 8.99. The van der Waals surface area contributed by atoms with E-state index in [1.165, 1.54) is 16.8 Å². The standard InChI is InChI=1S/C11H12N2O5S/c14-7(15)3-6(11(17)18)13-10(16)8-9(5-1-2-5)19-4-12-8/h4-6H,1-3H2,(H,13,16)(H,14,15)(H,17,18). The highest BCUT2D eigenvalue weighted by atomic mass is 32.1. The smallest absolute Gasteiger partial charge is 0.326 e. The molecule has 8 heteroatoms. The zero-order valence-electron chi connectivity index (χ0n) is 9.83. The van der Waals surface area contributed by atoms with E-state index in [-0.39, 0.29) is 5.69 Å². The Bertz CT molecular complexity index is 523. The largest absolute Gasteiger partial charge is 0.481 e. The molecule has 1 fully saturated rings. The average molecular weight is 284 g/mol. The van der Waals surface area contributed by atoms with Crippen LogP contribution in [0.3, 0.4) is 0 Å². The Labute approximate surface area is 112 Å². The Morgan fingerprint density at radius 1 is 1.42 bits per heavy atom. The van der Waals surface area contributed by atoms with Crippen molar-refractivity contribution in [2.24, 2.45) is 0 Å². The number of hydrogen-bond donors (Lipinski definition) is 3. The third-order valence-corrected chi connectivity index (χ3v) is 3.73. The lowest BCUT2D eigenvalue weighted by atomic mass is 10.2. The second-order valence-electron chi connectivity index (χ2n) is 4.30. The number of nitrogens with one attached hydrogen (secondary N) is 1. The number of carbonyl (C=O) groups excluding carboxylic acids is 1. The van der Waals surface area contributed by atoms with E-state index in [1.54, 1.807) is 0 Å². The quantitative estimate of drug-likeness (QED) is 0.707. The maximum Gasteiger partial charge on any atom is 0.326 e. The third kappa shape index (κ3) is 3.28. The van der Waals surface area contributed by atoms with E-state index in [9.17, 15) is 14.4 Å². The molecule has 2 rings (SSSR count). The molecule has 1 aliphatic rings. The van der Waals surface area contributed by atoms with Crippen molar-refractivity contribution in [1.29, 1.82) is 0 Å². The second-order valence-corrected chi connectivity index (χ2v) is 5.19. The molecule has 1 aliphatic carbocycles. The Hall–Kier alpha value is -1.96. The zero-order chi connectivity index (χ0) is 14.0. The maximum absolute atomic E-state index is 11.9. The van der Waals surface area contributed by atoms with Gasteiger partial charge in [0.05, 0.1) is 11.9 Å². The van der Waals surface area contributed by atoms with Gasteiger partial charge in [0.15, 0.2) is 0 Å². The molecule has 7 nitrogen and oxygen atoms in total. The first-order valence-corrected chi connectivity index (χ1v) is 6.56. The van der Waals surface area contributed by atoms with E-state index >= 15 is 0 Å². The molecule has 3 N–H and O–H groups in total. The van der Waals surface area contributed by atoms with Crippen molar-refractivity contribution >= 4 is 29.2 Å². The van der Waals surface area contributed by atoms with Crippen LogP contribution >= 0.6 is 11.3 Å². The topological polar surface area (TPSA) is 117 Å². The van der Waals surface area contributed by atoms with Gasteiger partial charge >= 0.3 is 11.9 Å². The van der Waals surface area contributed by atoms with Gasteiger partial charge in [-0.2, -0.15) is 0 Å². The van der Waals surface area contributed by atoms with E-state index in [0.717, 1.165) is 17.7 Å². The molecule has 0 radical (unpaired) electrons. The molecule has 0 aromatic carbocycles. The van der Waals surface area contributed by atoms with Crippen LogP contribution in [0.15, 0.2) is 5.51 Å². The lowest BCUT2D eigenvalue weighted by Crippen LogP contribution is -2.42. The summed E-state index contributed by atoms with van der Waals surface area (Å²) in [6.07, 6.45) is 1.34. The van der Waals surface area contributed by atoms with Crippen molar-refractivity contribution in [3.05, 3.63) is 16.1 Å². The average Bonchev–Trinajstić information content (AvgIpc) is 3.05. The molecule has 1 unspecified atom stereocenters. The van der Waals surface area contributed by atoms with Gasteiger partial charge in [0.2, 0.25) is 0 Å². The van der Waals surface area contributed by atoms with E-state index in [2.05, 4.69) is 10.3 Å². The summed E-state index contributed by atoms with van der Waals surface area (Å²) in [5.41, 5.74) is 1.75. The molecule has 1 aromatic heterocycles. The minimum atomic E-state index is -1.45. The van der Waals surface area contributed by atoms with Crippen molar-refractivity contribution in [3.8, 4) is 0 Å². The van der Waals surface area contributed by atoms with Crippen LogP contribution in [0.1, 0.15) is 40.5 Å². The van der Waals surface area contributed by atoms with Gasteiger partial charge in [-0.3, -0.25) is 9.59 Å². The summed E-state index contributed by atoms with van der Waals surface area (Å²) in [4.78, 5) is 38.1. The Morgan fingerprint density at radius 3 is 2.63 bits per heavy atom. The summed E-state index contributed by atoms with van der Waals surface area (Å²) in [7, 11) is 0. The normalized spacial score (nSPS) is 15.8. The molecule has 0 bridgehead atoms. The van der Waals surface area contributed by atoms with Gasteiger partial charge in [-0.15, -0.1) is 11.3 Å². The Kier molecular flexibility index (Phi) is 3.79. The lowest BCUT2D eigenvalue weighted by Gasteiger charge is -2.11. The summed E-state index contributed by atoms with van der Waals surface area (Å²) in [6, 6.07) is -1.45. The van der Waals surface area contributed by atoms with Crippen LogP contribution in [0, 0.1) is 0 Å². The first kappa shape index (κ1) is 13.5. The highest BCUT2D eigenvalue weighted by Crippen LogP contribution is 2.43. The summed E-state index contributed by atoms with van der Waals surface area (Å²) in [5.74, 6) is -2.96. The number of carbonyl (C=O) groups is 3. The Balaban J connectivity index is 2.08. The van der Waals surface area contributed by atoms with Gasteiger partial charge in [-0.1, -0.05) is 0 Å². The maximum atomic E-state index is 11.9. The highest BCUT2D eigenvalue weighted by Gasteiger charge is 2.32. The molecular weight excluding hydrogens is 272 g/mol. The van der Waals surface area contributed by atoms with Gasteiger partial charge in [-0.25, -0.2) is 9.78 Å². The number of hydrogen-bond acceptors (Lipinski definition) is 5. The number of nitrogens with zero attached hydrogens (tertiary/aromatic N) is 1. The first-order valence-electron chi connectivity index (χ1n) is 5.68. The number of carboxylic acids is 2. The summed E-state index contributed by atoms with van der Waals surface area (Å²) < 4.78 is 0. The number of thiazole rings is 1. The van der Waals surface area contributed by atoms with Crippen LogP contribution in [0.4, 0.5) is 0 Å². The molecule has 0 spiro atoms. The molecule has 19 heavy (non-hydrogen) atoms. The van der Waals surface area contributed by atoms with E-state index in [0.29, 0.717) is 5.92 Å². The summed E-state index contributed by atoms with van der Waals surface area (Å²) in [5, 5.41) is 19.7. The number of amides is 1. The molecule has 1 heterocycles. The molecule has 1 amide bonds. The number of rotatable bonds is 6. The van der Waals surface area contributed by atoms with Crippen molar-refractivity contribution in [2.75, 3.05) is 0 Å². The second kappa shape index (κ2) is 5.35. The molecular formula is C11H12N2O5S. The fourth-order valence-corrected chi connectivity index (χ4v) is 2.62. The molecule has 1 aromatic rings. The van der Waals surface area contributed by atoms with Gasteiger partial charge in [0, 0.05) is 4.88 Å². The zero-order valence-corrected chi connectivity index (χ0v) is 10.6. The third-order valence-electron chi connectivity index (χ3n) is 2.74. The molecule has 102 valence electrons. The highest BCUT2D eigenvalue weighted by molar-refractivity contribution is 7.10. The Morgan fingerprint density at radius 2 is 2.11 bits per heavy atom. The van der Waals surface area contributed by atoms with Crippen LogP contribution in [-0.4, -0.2) is 39.1 Å². The van der Waals surface area contributed by atoms with Crippen LogP contribution in [0.25, 0.3) is 0 Å². The fraction of sp³-hybridized carbons (Fsp3) is 0.455. The van der Waals surface area contributed by atoms with Crippen LogP contribution in [-0.2, 0) is 9.59 Å². The SMILES string of the molecule is O=C(O)CC(NC(=O)c1ncsc1C1CC1)C(=O)O. The van der Waals surface area contributed by atoms with Crippen molar-refractivity contribution in [2.45, 2.75) is 31.2 Å². The number of carboxylic acid groups (broad SMARTS) is 2. The minimum Gasteiger partial charge on any atom is -0.481 e. The molecule has 0 aliphatic heterocycles. The predicted octanol–water partition coefficient (Wildman–Crippen LogP) is 0.678. The van der Waals surface area contributed by atoms with E-state index in [1.807, 2.05) is 0 Å². The van der Waals surface area contributed by atoms with Gasteiger partial charge in [-0.05, 0) is 18.8 Å². The van der Waals surface area contributed by atoms with Crippen molar-refractivity contribution in [3.63, 3.8) is 0 Å². The van der Waals surface area contributed by atoms with Crippen LogP contribution in [0.5, 0.6) is 0 Å². The fourth-order valence-electron chi connectivity index (χ4n) is 1.66. The van der Waals surface area contributed by atoms with Gasteiger partial charge in [0.25, 0.3) is 5.91 Å². The molecule has 0 saturated heterocycles. The van der Waals surface area contributed by atoms with E-state index in [4.69, 9.17) is 10.2 Å². The number of aliphatic carboxylic acids is 2. The lowest BCUT2D eigenvalue weighted by molar-refractivity contribution is -0.145. The van der Waals surface area contributed by atoms with Crippen LogP contribution < -0.4 is 5.32 Å².